The lowest BCUT2D eigenvalue weighted by Crippen LogP contribution is -2.47. The zero-order valence-corrected chi connectivity index (χ0v) is 19.6. The molecule has 1 aromatic carbocycles. The highest BCUT2D eigenvalue weighted by Gasteiger charge is 2.34. The van der Waals surface area contributed by atoms with Gasteiger partial charge in [-0.25, -0.2) is 9.97 Å². The number of amides is 1. The number of carboxylic acid groups (broad SMARTS) is 1. The van der Waals surface area contributed by atoms with Crippen LogP contribution in [0.15, 0.2) is 36.4 Å². The maximum atomic E-state index is 13.1. The van der Waals surface area contributed by atoms with Crippen LogP contribution in [0.1, 0.15) is 31.5 Å². The molecule has 2 saturated heterocycles. The highest BCUT2D eigenvalue weighted by molar-refractivity contribution is 7.21. The number of carbonyl (C=O) groups excluding carboxylic acids is 1. The predicted octanol–water partition coefficient (Wildman–Crippen LogP) is 4.21. The summed E-state index contributed by atoms with van der Waals surface area (Å²) in [5.41, 5.74) is 1.18. The van der Waals surface area contributed by atoms with Crippen molar-refractivity contribution in [2.75, 3.05) is 31.1 Å². The number of likely N-dealkylation sites (tertiary alicyclic amines) is 1. The van der Waals surface area contributed by atoms with Crippen LogP contribution in [-0.2, 0) is 9.59 Å². The molecule has 1 N–H and O–H groups in total. The lowest BCUT2D eigenvalue weighted by molar-refractivity contribution is -0.147. The van der Waals surface area contributed by atoms with E-state index in [1.807, 2.05) is 25.1 Å². The zero-order valence-electron chi connectivity index (χ0n) is 18.7. The van der Waals surface area contributed by atoms with Gasteiger partial charge in [0.25, 0.3) is 0 Å². The molecule has 2 aliphatic heterocycles. The smallest absolute Gasteiger partial charge is 0.308 e. The Hall–Kier alpha value is -3.00. The zero-order chi connectivity index (χ0) is 22.9. The minimum absolute atomic E-state index is 0.0467. The van der Waals surface area contributed by atoms with E-state index < -0.39 is 11.9 Å². The van der Waals surface area contributed by atoms with Gasteiger partial charge in [-0.15, -0.1) is 11.3 Å². The molecule has 172 valence electrons. The molecular weight excluding hydrogens is 436 g/mol. The first-order chi connectivity index (χ1) is 16.0. The highest BCUT2D eigenvalue weighted by Crippen LogP contribution is 2.37. The van der Waals surface area contributed by atoms with Crippen LogP contribution in [0.25, 0.3) is 20.7 Å². The Morgan fingerprint density at radius 2 is 1.79 bits per heavy atom. The molecule has 0 radical (unpaired) electrons. The number of rotatable bonds is 4. The van der Waals surface area contributed by atoms with Gasteiger partial charge in [-0.2, -0.15) is 0 Å². The lowest BCUT2D eigenvalue weighted by atomic mass is 9.92. The Bertz CT molecular complexity index is 1170. The van der Waals surface area contributed by atoms with Crippen LogP contribution >= 0.6 is 11.3 Å². The largest absolute Gasteiger partial charge is 0.481 e. The summed E-state index contributed by atoms with van der Waals surface area (Å²) in [6.45, 7) is 4.46. The summed E-state index contributed by atoms with van der Waals surface area (Å²) >= 11 is 1.68. The summed E-state index contributed by atoms with van der Waals surface area (Å²) in [5, 5.41) is 10.4. The number of aryl methyl sites for hydroxylation is 1. The van der Waals surface area contributed by atoms with Gasteiger partial charge in [-0.1, -0.05) is 30.3 Å². The van der Waals surface area contributed by atoms with Gasteiger partial charge < -0.3 is 14.9 Å². The van der Waals surface area contributed by atoms with Crippen molar-refractivity contribution in [3.8, 4) is 10.4 Å². The molecule has 3 aromatic rings. The molecule has 2 aliphatic rings. The maximum Gasteiger partial charge on any atom is 0.308 e. The first kappa shape index (κ1) is 21.8. The number of thiophene rings is 1. The van der Waals surface area contributed by atoms with Crippen LogP contribution in [0.5, 0.6) is 0 Å². The van der Waals surface area contributed by atoms with Crippen molar-refractivity contribution in [1.82, 2.24) is 14.9 Å². The van der Waals surface area contributed by atoms with Gasteiger partial charge in [-0.05, 0) is 44.2 Å². The number of nitrogens with zero attached hydrogens (tertiary/aromatic N) is 4. The monoisotopic (exact) mass is 464 g/mol. The molecule has 0 saturated carbocycles. The molecule has 33 heavy (non-hydrogen) atoms. The van der Waals surface area contributed by atoms with E-state index in [1.54, 1.807) is 16.2 Å². The van der Waals surface area contributed by atoms with Gasteiger partial charge in [0.1, 0.15) is 16.5 Å². The van der Waals surface area contributed by atoms with Crippen molar-refractivity contribution in [2.45, 2.75) is 32.6 Å². The van der Waals surface area contributed by atoms with E-state index in [0.717, 1.165) is 54.2 Å². The molecule has 5 rings (SSSR count). The molecule has 1 unspecified atom stereocenters. The first-order valence-electron chi connectivity index (χ1n) is 11.6. The minimum atomic E-state index is -0.795. The van der Waals surface area contributed by atoms with E-state index >= 15 is 0 Å². The van der Waals surface area contributed by atoms with Crippen molar-refractivity contribution in [1.29, 1.82) is 0 Å². The average molecular weight is 465 g/mol. The predicted molar refractivity (Wildman–Crippen MR) is 129 cm³/mol. The van der Waals surface area contributed by atoms with E-state index in [-0.39, 0.29) is 11.8 Å². The molecule has 8 heteroatoms. The van der Waals surface area contributed by atoms with E-state index in [4.69, 9.17) is 4.98 Å². The van der Waals surface area contributed by atoms with Crippen LogP contribution in [0.3, 0.4) is 0 Å². The Kier molecular flexibility index (Phi) is 6.01. The quantitative estimate of drug-likeness (QED) is 0.623. The number of fused-ring (bicyclic) bond motifs is 1. The number of anilines is 1. The van der Waals surface area contributed by atoms with E-state index in [0.29, 0.717) is 19.5 Å². The van der Waals surface area contributed by atoms with Crippen LogP contribution < -0.4 is 4.90 Å². The number of hydrogen-bond donors (Lipinski definition) is 1. The van der Waals surface area contributed by atoms with Crippen molar-refractivity contribution < 1.29 is 14.7 Å². The topological polar surface area (TPSA) is 86.6 Å². The van der Waals surface area contributed by atoms with Crippen molar-refractivity contribution in [3.05, 3.63) is 42.2 Å². The first-order valence-corrected chi connectivity index (χ1v) is 12.4. The van der Waals surface area contributed by atoms with E-state index in [1.165, 1.54) is 10.4 Å². The summed E-state index contributed by atoms with van der Waals surface area (Å²) in [6, 6.07) is 12.5. The van der Waals surface area contributed by atoms with Gasteiger partial charge in [-0.3, -0.25) is 9.59 Å². The Morgan fingerprint density at radius 1 is 1.03 bits per heavy atom. The molecule has 0 spiro atoms. The van der Waals surface area contributed by atoms with Gasteiger partial charge in [0, 0.05) is 37.0 Å². The lowest BCUT2D eigenvalue weighted by Gasteiger charge is -2.37. The normalized spacial score (nSPS) is 19.7. The van der Waals surface area contributed by atoms with Gasteiger partial charge in [0.05, 0.1) is 11.3 Å². The van der Waals surface area contributed by atoms with Gasteiger partial charge in [0.2, 0.25) is 5.91 Å². The molecule has 0 aliphatic carbocycles. The van der Waals surface area contributed by atoms with Crippen molar-refractivity contribution in [2.24, 2.45) is 11.8 Å². The third-order valence-electron chi connectivity index (χ3n) is 6.77. The van der Waals surface area contributed by atoms with Gasteiger partial charge >= 0.3 is 5.97 Å². The van der Waals surface area contributed by atoms with Crippen molar-refractivity contribution in [3.63, 3.8) is 0 Å². The number of carboxylic acids is 1. The summed E-state index contributed by atoms with van der Waals surface area (Å²) in [4.78, 5) is 40.1. The third kappa shape index (κ3) is 4.44. The van der Waals surface area contributed by atoms with Crippen molar-refractivity contribution >= 4 is 39.2 Å². The standard InChI is InChI=1S/C25H28N4O3S/c1-16-26-22(20-14-21(33-23(20)27-16)17-6-3-2-4-7-17)28-12-9-18(10-13-28)24(30)29-11-5-8-19(15-29)25(31)32/h2-4,6-7,14,18-19H,5,8-13,15H2,1H3,(H,31,32). The van der Waals surface area contributed by atoms with Gasteiger partial charge in [0.15, 0.2) is 0 Å². The third-order valence-corrected chi connectivity index (χ3v) is 7.85. The Morgan fingerprint density at radius 3 is 2.52 bits per heavy atom. The molecule has 4 heterocycles. The molecular formula is C25H28N4O3S. The Balaban J connectivity index is 1.32. The van der Waals surface area contributed by atoms with Crippen LogP contribution in [0.4, 0.5) is 5.82 Å². The summed E-state index contributed by atoms with van der Waals surface area (Å²) in [5.74, 6) is 0.547. The SMILES string of the molecule is Cc1nc(N2CCC(C(=O)N3CCCC(C(=O)O)C3)CC2)c2cc(-c3ccccc3)sc2n1. The molecule has 2 aromatic heterocycles. The molecule has 7 nitrogen and oxygen atoms in total. The number of hydrogen-bond acceptors (Lipinski definition) is 6. The summed E-state index contributed by atoms with van der Waals surface area (Å²) < 4.78 is 0. The molecule has 1 atom stereocenters. The number of piperidine rings is 2. The number of aromatic nitrogens is 2. The number of aliphatic carboxylic acids is 1. The fourth-order valence-electron chi connectivity index (χ4n) is 4.97. The molecule has 1 amide bonds. The molecule has 2 fully saturated rings. The highest BCUT2D eigenvalue weighted by atomic mass is 32.1. The second-order valence-corrected chi connectivity index (χ2v) is 10.0. The van der Waals surface area contributed by atoms with Crippen LogP contribution in [-0.4, -0.2) is 58.0 Å². The summed E-state index contributed by atoms with van der Waals surface area (Å²) in [6.07, 6.45) is 2.94. The second kappa shape index (κ2) is 9.09. The number of benzene rings is 1. The Labute approximate surface area is 197 Å². The number of carbonyl (C=O) groups is 2. The maximum absolute atomic E-state index is 13.1. The van der Waals surface area contributed by atoms with Crippen LogP contribution in [0.2, 0.25) is 0 Å². The average Bonchev–Trinajstić information content (AvgIpc) is 3.28. The summed E-state index contributed by atoms with van der Waals surface area (Å²) in [7, 11) is 0. The fourth-order valence-corrected chi connectivity index (χ4v) is 6.05. The second-order valence-electron chi connectivity index (χ2n) is 9.01. The van der Waals surface area contributed by atoms with Crippen LogP contribution in [0, 0.1) is 18.8 Å². The van der Waals surface area contributed by atoms with E-state index in [9.17, 15) is 14.7 Å². The fraction of sp³-hybridized carbons (Fsp3) is 0.440. The molecule has 0 bridgehead atoms. The van der Waals surface area contributed by atoms with E-state index in [2.05, 4.69) is 28.1 Å². The minimum Gasteiger partial charge on any atom is -0.481 e.